The van der Waals surface area contributed by atoms with E-state index >= 15 is 0 Å². The van der Waals surface area contributed by atoms with E-state index in [1.165, 1.54) is 11.3 Å². The van der Waals surface area contributed by atoms with Crippen LogP contribution < -0.4 is 5.32 Å². The maximum atomic E-state index is 12.7. The van der Waals surface area contributed by atoms with Crippen molar-refractivity contribution in [3.8, 4) is 0 Å². The Kier molecular flexibility index (Phi) is 5.19. The fourth-order valence-electron chi connectivity index (χ4n) is 3.10. The highest BCUT2D eigenvalue weighted by molar-refractivity contribution is 7.13. The zero-order chi connectivity index (χ0) is 20.6. The molecular weight excluding hydrogens is 408 g/mol. The number of thiazole rings is 1. The van der Waals surface area contributed by atoms with Gasteiger partial charge in [-0.25, -0.2) is 9.97 Å². The van der Waals surface area contributed by atoms with Gasteiger partial charge in [-0.05, 0) is 23.8 Å². The number of rotatable bonds is 5. The SMILES string of the molecule is CC(C)(C)c1csc(NC(=O)Cc2cn(Cc3ncco3)c3ccc(Cl)cc23)n1. The highest BCUT2D eigenvalue weighted by Crippen LogP contribution is 2.28. The van der Waals surface area contributed by atoms with Gasteiger partial charge in [-0.3, -0.25) is 4.79 Å². The number of carbonyl (C=O) groups is 1. The Morgan fingerprint density at radius 1 is 1.34 bits per heavy atom. The number of fused-ring (bicyclic) bond motifs is 1. The van der Waals surface area contributed by atoms with E-state index in [-0.39, 0.29) is 17.7 Å². The topological polar surface area (TPSA) is 73.0 Å². The quantitative estimate of drug-likeness (QED) is 0.470. The van der Waals surface area contributed by atoms with E-state index in [1.807, 2.05) is 34.3 Å². The second-order valence-electron chi connectivity index (χ2n) is 7.88. The molecule has 0 saturated carbocycles. The molecule has 29 heavy (non-hydrogen) atoms. The predicted molar refractivity (Wildman–Crippen MR) is 116 cm³/mol. The minimum atomic E-state index is -0.116. The van der Waals surface area contributed by atoms with E-state index in [0.717, 1.165) is 22.2 Å². The molecule has 8 heteroatoms. The third kappa shape index (κ3) is 4.36. The number of benzene rings is 1. The molecule has 3 heterocycles. The molecule has 150 valence electrons. The van der Waals surface area contributed by atoms with Crippen molar-refractivity contribution in [2.24, 2.45) is 0 Å². The number of halogens is 1. The van der Waals surface area contributed by atoms with Crippen molar-refractivity contribution in [3.05, 3.63) is 64.4 Å². The summed E-state index contributed by atoms with van der Waals surface area (Å²) in [4.78, 5) is 21.4. The fraction of sp³-hybridized carbons (Fsp3) is 0.286. The second-order valence-corrected chi connectivity index (χ2v) is 9.18. The van der Waals surface area contributed by atoms with Crippen LogP contribution in [-0.2, 0) is 23.2 Å². The highest BCUT2D eigenvalue weighted by Gasteiger charge is 2.19. The number of nitrogens with one attached hydrogen (secondary N) is 1. The van der Waals surface area contributed by atoms with E-state index in [9.17, 15) is 4.79 Å². The Bertz CT molecular complexity index is 1160. The molecule has 6 nitrogen and oxygen atoms in total. The van der Waals surface area contributed by atoms with Crippen LogP contribution in [0, 0.1) is 0 Å². The third-order valence-corrected chi connectivity index (χ3v) is 5.58. The molecule has 1 aromatic carbocycles. The van der Waals surface area contributed by atoms with Crippen LogP contribution >= 0.6 is 22.9 Å². The molecule has 0 fully saturated rings. The van der Waals surface area contributed by atoms with Crippen LogP contribution in [0.5, 0.6) is 0 Å². The molecule has 0 radical (unpaired) electrons. The summed E-state index contributed by atoms with van der Waals surface area (Å²) in [6, 6.07) is 5.66. The first-order chi connectivity index (χ1) is 13.8. The standard InChI is InChI=1S/C21H21ClN4O2S/c1-21(2,3)17-12-29-20(24-17)25-18(27)8-13-10-26(11-19-23-6-7-28-19)16-5-4-14(22)9-15(13)16/h4-7,9-10,12H,8,11H2,1-3H3,(H,24,25,27). The summed E-state index contributed by atoms with van der Waals surface area (Å²) in [5, 5.41) is 7.07. The van der Waals surface area contributed by atoms with Crippen LogP contribution in [0.3, 0.4) is 0 Å². The normalized spacial score (nSPS) is 11.9. The number of nitrogens with zero attached hydrogens (tertiary/aromatic N) is 3. The van der Waals surface area contributed by atoms with Crippen molar-refractivity contribution in [2.75, 3.05) is 5.32 Å². The van der Waals surface area contributed by atoms with Gasteiger partial charge in [-0.15, -0.1) is 11.3 Å². The molecular formula is C21H21ClN4O2S. The number of oxazole rings is 1. The van der Waals surface area contributed by atoms with E-state index in [4.69, 9.17) is 16.0 Å². The number of hydrogen-bond donors (Lipinski definition) is 1. The number of aromatic nitrogens is 3. The van der Waals surface area contributed by atoms with Crippen molar-refractivity contribution in [1.82, 2.24) is 14.5 Å². The largest absolute Gasteiger partial charge is 0.447 e. The van der Waals surface area contributed by atoms with Gasteiger partial charge >= 0.3 is 0 Å². The Balaban J connectivity index is 1.57. The number of hydrogen-bond acceptors (Lipinski definition) is 5. The summed E-state index contributed by atoms with van der Waals surface area (Å²) in [6.45, 7) is 6.77. The van der Waals surface area contributed by atoms with Gasteiger partial charge < -0.3 is 14.3 Å². The molecule has 1 amide bonds. The molecule has 0 aliphatic carbocycles. The van der Waals surface area contributed by atoms with E-state index < -0.39 is 0 Å². The fourth-order valence-corrected chi connectivity index (χ4v) is 4.23. The summed E-state index contributed by atoms with van der Waals surface area (Å²) in [7, 11) is 0. The number of anilines is 1. The minimum Gasteiger partial charge on any atom is -0.447 e. The average molecular weight is 429 g/mol. The third-order valence-electron chi connectivity index (χ3n) is 4.58. The van der Waals surface area contributed by atoms with Crippen LogP contribution in [0.4, 0.5) is 5.13 Å². The van der Waals surface area contributed by atoms with Crippen LogP contribution in [0.15, 0.2) is 46.7 Å². The van der Waals surface area contributed by atoms with Gasteiger partial charge in [-0.1, -0.05) is 32.4 Å². The summed E-state index contributed by atoms with van der Waals surface area (Å²) in [5.41, 5.74) is 2.77. The van der Waals surface area contributed by atoms with Crippen molar-refractivity contribution in [3.63, 3.8) is 0 Å². The lowest BCUT2D eigenvalue weighted by Crippen LogP contribution is -2.15. The molecule has 0 unspecified atom stereocenters. The molecule has 3 aromatic heterocycles. The first-order valence-electron chi connectivity index (χ1n) is 9.21. The second kappa shape index (κ2) is 7.65. The summed E-state index contributed by atoms with van der Waals surface area (Å²) in [5.74, 6) is 0.486. The maximum absolute atomic E-state index is 12.7. The van der Waals surface area contributed by atoms with Crippen LogP contribution in [0.2, 0.25) is 5.02 Å². The van der Waals surface area contributed by atoms with Gasteiger partial charge in [0, 0.05) is 32.9 Å². The van der Waals surface area contributed by atoms with Crippen LogP contribution in [0.1, 0.15) is 37.9 Å². The Morgan fingerprint density at radius 3 is 2.86 bits per heavy atom. The van der Waals surface area contributed by atoms with E-state index in [1.54, 1.807) is 12.5 Å². The zero-order valence-electron chi connectivity index (χ0n) is 16.4. The van der Waals surface area contributed by atoms with Crippen molar-refractivity contribution < 1.29 is 9.21 Å². The molecule has 0 aliphatic rings. The lowest BCUT2D eigenvalue weighted by molar-refractivity contribution is -0.115. The molecule has 4 rings (SSSR count). The van der Waals surface area contributed by atoms with Crippen LogP contribution in [-0.4, -0.2) is 20.4 Å². The average Bonchev–Trinajstić information content (AvgIpc) is 3.37. The smallest absolute Gasteiger partial charge is 0.230 e. The van der Waals surface area contributed by atoms with Gasteiger partial charge in [0.15, 0.2) is 5.13 Å². The summed E-state index contributed by atoms with van der Waals surface area (Å²) in [6.07, 6.45) is 5.34. The van der Waals surface area contributed by atoms with Gasteiger partial charge in [0.2, 0.25) is 11.8 Å². The maximum Gasteiger partial charge on any atom is 0.230 e. The monoisotopic (exact) mass is 428 g/mol. The lowest BCUT2D eigenvalue weighted by atomic mass is 9.93. The summed E-state index contributed by atoms with van der Waals surface area (Å²) >= 11 is 7.64. The number of carbonyl (C=O) groups excluding carboxylic acids is 1. The Morgan fingerprint density at radius 2 is 2.17 bits per heavy atom. The Hall–Kier alpha value is -2.64. The molecule has 1 N–H and O–H groups in total. The van der Waals surface area contributed by atoms with Gasteiger partial charge in [0.25, 0.3) is 0 Å². The molecule has 0 atom stereocenters. The molecule has 0 saturated heterocycles. The van der Waals surface area contributed by atoms with E-state index in [0.29, 0.717) is 22.6 Å². The minimum absolute atomic E-state index is 0.0520. The van der Waals surface area contributed by atoms with Gasteiger partial charge in [0.1, 0.15) is 6.26 Å². The summed E-state index contributed by atoms with van der Waals surface area (Å²) < 4.78 is 7.38. The van der Waals surface area contributed by atoms with E-state index in [2.05, 4.69) is 36.1 Å². The number of amides is 1. The van der Waals surface area contributed by atoms with Gasteiger partial charge in [0.05, 0.1) is 24.9 Å². The first kappa shape index (κ1) is 19.7. The predicted octanol–water partition coefficient (Wildman–Crippen LogP) is 5.27. The zero-order valence-corrected chi connectivity index (χ0v) is 18.0. The Labute approximate surface area is 177 Å². The molecule has 4 aromatic rings. The van der Waals surface area contributed by atoms with Gasteiger partial charge in [-0.2, -0.15) is 0 Å². The molecule has 0 aliphatic heterocycles. The first-order valence-corrected chi connectivity index (χ1v) is 10.5. The lowest BCUT2D eigenvalue weighted by Gasteiger charge is -2.14. The molecule has 0 bridgehead atoms. The van der Waals surface area contributed by atoms with Crippen LogP contribution in [0.25, 0.3) is 10.9 Å². The van der Waals surface area contributed by atoms with Crippen molar-refractivity contribution in [1.29, 1.82) is 0 Å². The van der Waals surface area contributed by atoms with Crippen molar-refractivity contribution >= 4 is 44.9 Å². The van der Waals surface area contributed by atoms with Crippen molar-refractivity contribution in [2.45, 2.75) is 39.2 Å². The molecule has 0 spiro atoms. The highest BCUT2D eigenvalue weighted by atomic mass is 35.5.